The van der Waals surface area contributed by atoms with E-state index in [0.29, 0.717) is 11.7 Å². The summed E-state index contributed by atoms with van der Waals surface area (Å²) in [5.41, 5.74) is 1.98. The molecule has 0 aromatic heterocycles. The van der Waals surface area contributed by atoms with Crippen LogP contribution in [0.1, 0.15) is 25.0 Å². The number of rotatable bonds is 5. The lowest BCUT2D eigenvalue weighted by atomic mass is 10.0. The molecule has 0 radical (unpaired) electrons. The highest BCUT2D eigenvalue weighted by Gasteiger charge is 2.04. The first kappa shape index (κ1) is 13.3. The van der Waals surface area contributed by atoms with E-state index >= 15 is 0 Å². The number of hydrogen-bond acceptors (Lipinski definition) is 2. The Kier molecular flexibility index (Phi) is 4.76. The molecule has 0 amide bonds. The Morgan fingerprint density at radius 2 is 2.18 bits per heavy atom. The normalized spacial score (nSPS) is 11.1. The van der Waals surface area contributed by atoms with Gasteiger partial charge in [0.25, 0.3) is 0 Å². The van der Waals surface area contributed by atoms with E-state index in [1.807, 2.05) is 18.2 Å². The van der Waals surface area contributed by atoms with Gasteiger partial charge in [0.15, 0.2) is 0 Å². The third kappa shape index (κ3) is 4.31. The second-order valence-electron chi connectivity index (χ2n) is 4.35. The molecule has 0 aliphatic carbocycles. The fourth-order valence-electron chi connectivity index (χ4n) is 1.65. The minimum Gasteiger partial charge on any atom is -0.496 e. The van der Waals surface area contributed by atoms with E-state index in [9.17, 15) is 4.79 Å². The van der Waals surface area contributed by atoms with Crippen molar-refractivity contribution in [3.8, 4) is 5.75 Å². The van der Waals surface area contributed by atoms with Gasteiger partial charge in [-0.15, -0.1) is 0 Å². The largest absolute Gasteiger partial charge is 0.496 e. The first-order valence-corrected chi connectivity index (χ1v) is 5.61. The molecule has 1 aromatic carbocycles. The number of aliphatic carboxylic acids is 1. The minimum atomic E-state index is -0.960. The van der Waals surface area contributed by atoms with Crippen LogP contribution in [0.3, 0.4) is 0 Å². The average Bonchev–Trinajstić information content (AvgIpc) is 2.26. The van der Waals surface area contributed by atoms with Crippen LogP contribution in [0, 0.1) is 5.92 Å². The molecule has 3 heteroatoms. The third-order valence-corrected chi connectivity index (χ3v) is 2.35. The molecule has 17 heavy (non-hydrogen) atoms. The summed E-state index contributed by atoms with van der Waals surface area (Å²) in [6.45, 7) is 4.31. The standard InChI is InChI=1S/C14H18O3/c1-10(2)8-11-4-5-12(6-7-14(15)16)13(9-11)17-3/h4-7,9-10H,8H2,1-3H3,(H,15,16)/b7-6+. The van der Waals surface area contributed by atoms with Crippen LogP contribution in [0.25, 0.3) is 6.08 Å². The summed E-state index contributed by atoms with van der Waals surface area (Å²) in [7, 11) is 1.59. The molecular formula is C14H18O3. The summed E-state index contributed by atoms with van der Waals surface area (Å²) < 4.78 is 5.26. The van der Waals surface area contributed by atoms with Gasteiger partial charge in [-0.3, -0.25) is 0 Å². The highest BCUT2D eigenvalue weighted by Crippen LogP contribution is 2.23. The molecule has 1 rings (SSSR count). The summed E-state index contributed by atoms with van der Waals surface area (Å²) in [5.74, 6) is 0.332. The van der Waals surface area contributed by atoms with Gasteiger partial charge >= 0.3 is 5.97 Å². The molecule has 0 heterocycles. The number of benzene rings is 1. The lowest BCUT2D eigenvalue weighted by Crippen LogP contribution is -1.96. The van der Waals surface area contributed by atoms with E-state index in [1.165, 1.54) is 5.56 Å². The van der Waals surface area contributed by atoms with E-state index in [-0.39, 0.29) is 0 Å². The zero-order valence-corrected chi connectivity index (χ0v) is 10.4. The molecule has 0 atom stereocenters. The molecule has 0 spiro atoms. The number of carbonyl (C=O) groups is 1. The van der Waals surface area contributed by atoms with Gasteiger partial charge in [0.05, 0.1) is 7.11 Å². The molecular weight excluding hydrogens is 216 g/mol. The van der Waals surface area contributed by atoms with E-state index < -0.39 is 5.97 Å². The van der Waals surface area contributed by atoms with Crippen LogP contribution in [0.4, 0.5) is 0 Å². The summed E-state index contributed by atoms with van der Waals surface area (Å²) in [6.07, 6.45) is 3.64. The monoisotopic (exact) mass is 234 g/mol. The maximum absolute atomic E-state index is 10.5. The van der Waals surface area contributed by atoms with E-state index in [1.54, 1.807) is 13.2 Å². The highest BCUT2D eigenvalue weighted by atomic mass is 16.5. The summed E-state index contributed by atoms with van der Waals surface area (Å²) in [4.78, 5) is 10.5. The Labute approximate surface area is 102 Å². The average molecular weight is 234 g/mol. The van der Waals surface area contributed by atoms with Crippen molar-refractivity contribution < 1.29 is 14.6 Å². The van der Waals surface area contributed by atoms with Crippen LogP contribution in [0.15, 0.2) is 24.3 Å². The third-order valence-electron chi connectivity index (χ3n) is 2.35. The summed E-state index contributed by atoms with van der Waals surface area (Å²) in [5, 5.41) is 8.58. The fraction of sp³-hybridized carbons (Fsp3) is 0.357. The second kappa shape index (κ2) is 6.09. The lowest BCUT2D eigenvalue weighted by Gasteiger charge is -2.09. The van der Waals surface area contributed by atoms with E-state index in [2.05, 4.69) is 13.8 Å². The molecule has 92 valence electrons. The Hall–Kier alpha value is -1.77. The van der Waals surface area contributed by atoms with Gasteiger partial charge in [0.2, 0.25) is 0 Å². The molecule has 1 aromatic rings. The molecule has 0 unspecified atom stereocenters. The van der Waals surface area contributed by atoms with Crippen LogP contribution >= 0.6 is 0 Å². The SMILES string of the molecule is COc1cc(CC(C)C)ccc1/C=C/C(=O)O. The molecule has 0 saturated carbocycles. The number of carboxylic acids is 1. The molecule has 1 N–H and O–H groups in total. The predicted molar refractivity (Wildman–Crippen MR) is 68.2 cm³/mol. The van der Waals surface area contributed by atoms with Crippen molar-refractivity contribution in [1.29, 1.82) is 0 Å². The van der Waals surface area contributed by atoms with Crippen LogP contribution < -0.4 is 4.74 Å². The number of methoxy groups -OCH3 is 1. The number of ether oxygens (including phenoxy) is 1. The maximum atomic E-state index is 10.5. The van der Waals surface area contributed by atoms with Crippen molar-refractivity contribution in [2.24, 2.45) is 5.92 Å². The Morgan fingerprint density at radius 3 is 2.71 bits per heavy atom. The molecule has 0 saturated heterocycles. The highest BCUT2D eigenvalue weighted by molar-refractivity contribution is 5.85. The summed E-state index contributed by atoms with van der Waals surface area (Å²) >= 11 is 0. The van der Waals surface area contributed by atoms with Gasteiger partial charge in [0.1, 0.15) is 5.75 Å². The van der Waals surface area contributed by atoms with E-state index in [4.69, 9.17) is 9.84 Å². The van der Waals surface area contributed by atoms with Crippen molar-refractivity contribution in [2.75, 3.05) is 7.11 Å². The fourth-order valence-corrected chi connectivity index (χ4v) is 1.65. The second-order valence-corrected chi connectivity index (χ2v) is 4.35. The zero-order chi connectivity index (χ0) is 12.8. The van der Waals surface area contributed by atoms with Crippen molar-refractivity contribution in [3.63, 3.8) is 0 Å². The van der Waals surface area contributed by atoms with Gasteiger partial charge in [-0.05, 0) is 30.0 Å². The molecule has 0 aliphatic rings. The first-order chi connectivity index (χ1) is 8.02. The topological polar surface area (TPSA) is 46.5 Å². The molecule has 3 nitrogen and oxygen atoms in total. The van der Waals surface area contributed by atoms with Crippen LogP contribution in [0.5, 0.6) is 5.75 Å². The van der Waals surface area contributed by atoms with Crippen LogP contribution in [-0.2, 0) is 11.2 Å². The van der Waals surface area contributed by atoms with Gasteiger partial charge in [0, 0.05) is 11.6 Å². The number of carboxylic acid groups (broad SMARTS) is 1. The Morgan fingerprint density at radius 1 is 1.47 bits per heavy atom. The first-order valence-electron chi connectivity index (χ1n) is 5.61. The van der Waals surface area contributed by atoms with E-state index in [0.717, 1.165) is 18.1 Å². The maximum Gasteiger partial charge on any atom is 0.328 e. The van der Waals surface area contributed by atoms with Gasteiger partial charge in [-0.2, -0.15) is 0 Å². The van der Waals surface area contributed by atoms with Crippen LogP contribution in [-0.4, -0.2) is 18.2 Å². The quantitative estimate of drug-likeness (QED) is 0.797. The number of hydrogen-bond donors (Lipinski definition) is 1. The van der Waals surface area contributed by atoms with Crippen molar-refractivity contribution in [3.05, 3.63) is 35.4 Å². The van der Waals surface area contributed by atoms with Crippen molar-refractivity contribution >= 4 is 12.0 Å². The van der Waals surface area contributed by atoms with Gasteiger partial charge in [-0.1, -0.05) is 26.0 Å². The lowest BCUT2D eigenvalue weighted by molar-refractivity contribution is -0.131. The molecule has 0 bridgehead atoms. The molecule has 0 aliphatic heterocycles. The smallest absolute Gasteiger partial charge is 0.328 e. The van der Waals surface area contributed by atoms with Crippen molar-refractivity contribution in [1.82, 2.24) is 0 Å². The Bertz CT molecular complexity index is 419. The Balaban J connectivity index is 2.97. The van der Waals surface area contributed by atoms with Gasteiger partial charge in [-0.25, -0.2) is 4.79 Å². The minimum absolute atomic E-state index is 0.583. The predicted octanol–water partition coefficient (Wildman–Crippen LogP) is 2.99. The van der Waals surface area contributed by atoms with Crippen LogP contribution in [0.2, 0.25) is 0 Å². The molecule has 0 fully saturated rings. The zero-order valence-electron chi connectivity index (χ0n) is 10.4. The van der Waals surface area contributed by atoms with Crippen molar-refractivity contribution in [2.45, 2.75) is 20.3 Å². The summed E-state index contributed by atoms with van der Waals surface area (Å²) in [6, 6.07) is 5.85. The van der Waals surface area contributed by atoms with Gasteiger partial charge < -0.3 is 9.84 Å².